The number of likely N-dealkylation sites (tertiary alicyclic amines) is 1. The van der Waals surface area contributed by atoms with E-state index in [1.165, 1.54) is 51.7 Å². The summed E-state index contributed by atoms with van der Waals surface area (Å²) in [4.78, 5) is 2.62. The van der Waals surface area contributed by atoms with Crippen LogP contribution in [0.2, 0.25) is 0 Å². The molecule has 2 rings (SSSR count). The van der Waals surface area contributed by atoms with Crippen LogP contribution in [0.4, 0.5) is 0 Å². The van der Waals surface area contributed by atoms with Crippen LogP contribution in [-0.2, 0) is 4.74 Å². The molecule has 1 unspecified atom stereocenters. The van der Waals surface area contributed by atoms with Crippen LogP contribution < -0.4 is 5.32 Å². The molecule has 2 aliphatic heterocycles. The van der Waals surface area contributed by atoms with E-state index in [2.05, 4.69) is 10.2 Å². The molecule has 2 heterocycles. The second kappa shape index (κ2) is 6.46. The zero-order valence-corrected chi connectivity index (χ0v) is 9.71. The van der Waals surface area contributed by atoms with Crippen molar-refractivity contribution in [2.24, 2.45) is 0 Å². The van der Waals surface area contributed by atoms with E-state index < -0.39 is 0 Å². The first-order valence-corrected chi connectivity index (χ1v) is 6.50. The van der Waals surface area contributed by atoms with E-state index in [0.717, 1.165) is 19.7 Å². The Morgan fingerprint density at radius 2 is 1.93 bits per heavy atom. The standard InChI is InChI=1S/C12H24N2O/c1-2-4-8-14(7-3-1)9-5-12-11-13-6-10-15-12/h12-13H,1-11H2. The second-order valence-corrected chi connectivity index (χ2v) is 4.74. The van der Waals surface area contributed by atoms with Crippen LogP contribution in [0.1, 0.15) is 32.1 Å². The third kappa shape index (κ3) is 4.09. The van der Waals surface area contributed by atoms with Gasteiger partial charge in [-0.2, -0.15) is 0 Å². The van der Waals surface area contributed by atoms with Crippen LogP contribution in [0, 0.1) is 0 Å². The first-order chi connectivity index (χ1) is 7.45. The van der Waals surface area contributed by atoms with Crippen LogP contribution in [0.3, 0.4) is 0 Å². The maximum atomic E-state index is 5.71. The molecule has 2 fully saturated rings. The molecule has 15 heavy (non-hydrogen) atoms. The Bertz CT molecular complexity index is 161. The van der Waals surface area contributed by atoms with Gasteiger partial charge in [0.2, 0.25) is 0 Å². The second-order valence-electron chi connectivity index (χ2n) is 4.74. The highest BCUT2D eigenvalue weighted by atomic mass is 16.5. The van der Waals surface area contributed by atoms with Gasteiger partial charge >= 0.3 is 0 Å². The molecule has 0 aromatic carbocycles. The van der Waals surface area contributed by atoms with Gasteiger partial charge in [0, 0.05) is 19.6 Å². The average Bonchev–Trinajstić information content (AvgIpc) is 2.56. The van der Waals surface area contributed by atoms with Crippen LogP contribution in [0.15, 0.2) is 0 Å². The first kappa shape index (κ1) is 11.4. The number of hydrogen-bond acceptors (Lipinski definition) is 3. The van der Waals surface area contributed by atoms with E-state index in [1.54, 1.807) is 0 Å². The van der Waals surface area contributed by atoms with Crippen molar-refractivity contribution in [3.8, 4) is 0 Å². The van der Waals surface area contributed by atoms with Gasteiger partial charge in [-0.15, -0.1) is 0 Å². The molecular formula is C12H24N2O. The summed E-state index contributed by atoms with van der Waals surface area (Å²) < 4.78 is 5.71. The van der Waals surface area contributed by atoms with Crippen molar-refractivity contribution < 1.29 is 4.74 Å². The summed E-state index contributed by atoms with van der Waals surface area (Å²) in [6.45, 7) is 6.81. The van der Waals surface area contributed by atoms with Crippen molar-refractivity contribution in [3.63, 3.8) is 0 Å². The van der Waals surface area contributed by atoms with Gasteiger partial charge in [-0.1, -0.05) is 12.8 Å². The Morgan fingerprint density at radius 1 is 1.13 bits per heavy atom. The molecule has 2 saturated heterocycles. The number of morpholine rings is 1. The van der Waals surface area contributed by atoms with Gasteiger partial charge in [-0.05, 0) is 32.4 Å². The Kier molecular flexibility index (Phi) is 4.90. The molecule has 0 spiro atoms. The number of rotatable bonds is 3. The largest absolute Gasteiger partial charge is 0.376 e. The minimum Gasteiger partial charge on any atom is -0.376 e. The lowest BCUT2D eigenvalue weighted by molar-refractivity contribution is 0.0176. The van der Waals surface area contributed by atoms with E-state index in [4.69, 9.17) is 4.74 Å². The lowest BCUT2D eigenvalue weighted by Crippen LogP contribution is -2.40. The van der Waals surface area contributed by atoms with Crippen molar-refractivity contribution in [2.45, 2.75) is 38.2 Å². The highest BCUT2D eigenvalue weighted by Gasteiger charge is 2.15. The van der Waals surface area contributed by atoms with Crippen molar-refractivity contribution >= 4 is 0 Å². The van der Waals surface area contributed by atoms with Crippen molar-refractivity contribution in [3.05, 3.63) is 0 Å². The molecule has 1 atom stereocenters. The van der Waals surface area contributed by atoms with Gasteiger partial charge in [-0.25, -0.2) is 0 Å². The van der Waals surface area contributed by atoms with Crippen molar-refractivity contribution in [2.75, 3.05) is 39.3 Å². The fourth-order valence-electron chi connectivity index (χ4n) is 2.49. The quantitative estimate of drug-likeness (QED) is 0.762. The highest BCUT2D eigenvalue weighted by Crippen LogP contribution is 2.11. The van der Waals surface area contributed by atoms with Gasteiger partial charge in [0.15, 0.2) is 0 Å². The van der Waals surface area contributed by atoms with Gasteiger partial charge in [-0.3, -0.25) is 0 Å². The predicted octanol–water partition coefficient (Wildman–Crippen LogP) is 1.24. The van der Waals surface area contributed by atoms with Crippen LogP contribution in [0.25, 0.3) is 0 Å². The molecule has 0 aromatic rings. The minimum atomic E-state index is 0.460. The molecule has 0 radical (unpaired) electrons. The fraction of sp³-hybridized carbons (Fsp3) is 1.00. The maximum absolute atomic E-state index is 5.71. The number of ether oxygens (including phenoxy) is 1. The van der Waals surface area contributed by atoms with E-state index in [-0.39, 0.29) is 0 Å². The fourth-order valence-corrected chi connectivity index (χ4v) is 2.49. The van der Waals surface area contributed by atoms with E-state index >= 15 is 0 Å². The summed E-state index contributed by atoms with van der Waals surface area (Å²) >= 11 is 0. The van der Waals surface area contributed by atoms with Crippen LogP contribution in [-0.4, -0.2) is 50.3 Å². The lowest BCUT2D eigenvalue weighted by Gasteiger charge is -2.27. The molecule has 2 aliphatic rings. The van der Waals surface area contributed by atoms with E-state index in [0.29, 0.717) is 6.10 Å². The summed E-state index contributed by atoms with van der Waals surface area (Å²) in [5.41, 5.74) is 0. The van der Waals surface area contributed by atoms with Gasteiger partial charge in [0.25, 0.3) is 0 Å². The third-order valence-electron chi connectivity index (χ3n) is 3.47. The summed E-state index contributed by atoms with van der Waals surface area (Å²) in [6, 6.07) is 0. The summed E-state index contributed by atoms with van der Waals surface area (Å²) in [6.07, 6.45) is 7.30. The molecule has 1 N–H and O–H groups in total. The van der Waals surface area contributed by atoms with Gasteiger partial charge in [0.05, 0.1) is 12.7 Å². The van der Waals surface area contributed by atoms with Crippen molar-refractivity contribution in [1.82, 2.24) is 10.2 Å². The molecule has 0 amide bonds. The van der Waals surface area contributed by atoms with Gasteiger partial charge in [0.1, 0.15) is 0 Å². The smallest absolute Gasteiger partial charge is 0.0712 e. The molecule has 3 nitrogen and oxygen atoms in total. The zero-order valence-electron chi connectivity index (χ0n) is 9.71. The molecule has 3 heteroatoms. The predicted molar refractivity (Wildman–Crippen MR) is 62.1 cm³/mol. The zero-order chi connectivity index (χ0) is 10.3. The third-order valence-corrected chi connectivity index (χ3v) is 3.47. The average molecular weight is 212 g/mol. The number of hydrogen-bond donors (Lipinski definition) is 1. The minimum absolute atomic E-state index is 0.460. The summed E-state index contributed by atoms with van der Waals surface area (Å²) in [5.74, 6) is 0. The normalized spacial score (nSPS) is 30.0. The highest BCUT2D eigenvalue weighted by molar-refractivity contribution is 4.70. The molecule has 0 aliphatic carbocycles. The van der Waals surface area contributed by atoms with Gasteiger partial charge < -0.3 is 15.0 Å². The maximum Gasteiger partial charge on any atom is 0.0712 e. The topological polar surface area (TPSA) is 24.5 Å². The molecule has 0 bridgehead atoms. The van der Waals surface area contributed by atoms with Crippen LogP contribution in [0.5, 0.6) is 0 Å². The number of nitrogens with zero attached hydrogens (tertiary/aromatic N) is 1. The van der Waals surface area contributed by atoms with Crippen molar-refractivity contribution in [1.29, 1.82) is 0 Å². The summed E-state index contributed by atoms with van der Waals surface area (Å²) in [7, 11) is 0. The Balaban J connectivity index is 1.62. The first-order valence-electron chi connectivity index (χ1n) is 6.50. The Morgan fingerprint density at radius 3 is 2.60 bits per heavy atom. The molecule has 0 aromatic heterocycles. The van der Waals surface area contributed by atoms with E-state index in [1.807, 2.05) is 0 Å². The Hall–Kier alpha value is -0.120. The molecule has 0 saturated carbocycles. The molecule has 88 valence electrons. The summed E-state index contributed by atoms with van der Waals surface area (Å²) in [5, 5.41) is 3.39. The monoisotopic (exact) mass is 212 g/mol. The Labute approximate surface area is 93.2 Å². The number of nitrogens with one attached hydrogen (secondary N) is 1. The van der Waals surface area contributed by atoms with Crippen LogP contribution >= 0.6 is 0 Å². The lowest BCUT2D eigenvalue weighted by atomic mass is 10.2. The van der Waals surface area contributed by atoms with E-state index in [9.17, 15) is 0 Å². The molecular weight excluding hydrogens is 188 g/mol. The SMILES string of the molecule is C1CCCN(CCC2CNCCO2)CC1.